The summed E-state index contributed by atoms with van der Waals surface area (Å²) >= 11 is 0. The molecule has 1 aromatic carbocycles. The van der Waals surface area contributed by atoms with Gasteiger partial charge in [-0.05, 0) is 30.2 Å². The first-order chi connectivity index (χ1) is 8.87. The monoisotopic (exact) mass is 322 g/mol. The summed E-state index contributed by atoms with van der Waals surface area (Å²) in [7, 11) is -3.42. The van der Waals surface area contributed by atoms with Crippen LogP contribution in [0.4, 0.5) is 10.1 Å². The molecule has 0 saturated heterocycles. The Morgan fingerprint density at radius 2 is 2.15 bits per heavy atom. The van der Waals surface area contributed by atoms with Gasteiger partial charge in [0.2, 0.25) is 5.91 Å². The van der Waals surface area contributed by atoms with E-state index in [-0.39, 0.29) is 18.1 Å². The molecule has 1 aliphatic heterocycles. The van der Waals surface area contributed by atoms with Crippen molar-refractivity contribution in [2.24, 2.45) is 0 Å². The maximum Gasteiger partial charge on any atom is 0.239 e. The van der Waals surface area contributed by atoms with Crippen LogP contribution in [0.5, 0.6) is 0 Å². The Labute approximate surface area is 123 Å². The minimum atomic E-state index is -3.42. The minimum absolute atomic E-state index is 0. The van der Waals surface area contributed by atoms with Crippen LogP contribution in [0.2, 0.25) is 0 Å². The van der Waals surface area contributed by atoms with Crippen LogP contribution in [-0.2, 0) is 27.6 Å². The Morgan fingerprint density at radius 1 is 1.45 bits per heavy atom. The van der Waals surface area contributed by atoms with E-state index in [1.165, 1.54) is 6.07 Å². The third kappa shape index (κ3) is 4.16. The van der Waals surface area contributed by atoms with Crippen LogP contribution >= 0.6 is 12.4 Å². The molecule has 1 heterocycles. The Bertz CT molecular complexity index is 619. The zero-order valence-electron chi connectivity index (χ0n) is 10.9. The fourth-order valence-corrected chi connectivity index (χ4v) is 2.60. The molecule has 0 aliphatic carbocycles. The lowest BCUT2D eigenvalue weighted by atomic mass is 9.99. The normalized spacial score (nSPS) is 14.1. The van der Waals surface area contributed by atoms with Gasteiger partial charge >= 0.3 is 0 Å². The van der Waals surface area contributed by atoms with Gasteiger partial charge in [0.05, 0.1) is 5.69 Å². The lowest BCUT2D eigenvalue weighted by molar-refractivity contribution is -0.113. The topological polar surface area (TPSA) is 75.3 Å². The van der Waals surface area contributed by atoms with E-state index in [2.05, 4.69) is 10.6 Å². The number of hydrogen-bond acceptors (Lipinski definition) is 4. The molecule has 0 bridgehead atoms. The first kappa shape index (κ1) is 16.9. The van der Waals surface area contributed by atoms with Crippen molar-refractivity contribution in [1.29, 1.82) is 0 Å². The van der Waals surface area contributed by atoms with Gasteiger partial charge in [-0.25, -0.2) is 12.8 Å². The standard InChI is InChI=1S/C12H15FN2O3S.ClH/c1-19(17,18)7-11(16)15-10-3-2-8-6-14-5-4-9(8)12(10)13;/h2-3,14H,4-7H2,1H3,(H,15,16);1H. The molecule has 1 aliphatic rings. The highest BCUT2D eigenvalue weighted by molar-refractivity contribution is 7.91. The summed E-state index contributed by atoms with van der Waals surface area (Å²) in [5.74, 6) is -1.85. The van der Waals surface area contributed by atoms with Crippen molar-refractivity contribution in [2.45, 2.75) is 13.0 Å². The van der Waals surface area contributed by atoms with Crippen molar-refractivity contribution in [2.75, 3.05) is 23.9 Å². The Kier molecular flexibility index (Phi) is 5.50. The second-order valence-electron chi connectivity index (χ2n) is 4.61. The van der Waals surface area contributed by atoms with Crippen LogP contribution in [0.1, 0.15) is 11.1 Å². The highest BCUT2D eigenvalue weighted by atomic mass is 35.5. The fraction of sp³-hybridized carbons (Fsp3) is 0.417. The molecule has 0 radical (unpaired) electrons. The Hall–Kier alpha value is -1.18. The summed E-state index contributed by atoms with van der Waals surface area (Å²) in [6.07, 6.45) is 1.51. The zero-order chi connectivity index (χ0) is 14.0. The third-order valence-corrected chi connectivity index (χ3v) is 3.66. The number of anilines is 1. The molecule has 0 fully saturated rings. The van der Waals surface area contributed by atoms with Crippen LogP contribution in [0, 0.1) is 5.82 Å². The summed E-state index contributed by atoms with van der Waals surface area (Å²) in [5, 5.41) is 5.43. The first-order valence-electron chi connectivity index (χ1n) is 5.85. The number of carbonyl (C=O) groups excluding carboxylic acids is 1. The zero-order valence-corrected chi connectivity index (χ0v) is 12.5. The summed E-state index contributed by atoms with van der Waals surface area (Å²) < 4.78 is 36.1. The van der Waals surface area contributed by atoms with Gasteiger partial charge < -0.3 is 10.6 Å². The maximum atomic E-state index is 14.2. The second kappa shape index (κ2) is 6.51. The molecule has 0 unspecified atom stereocenters. The number of fused-ring (bicyclic) bond motifs is 1. The summed E-state index contributed by atoms with van der Waals surface area (Å²) in [4.78, 5) is 11.5. The van der Waals surface area contributed by atoms with Gasteiger partial charge in [0.1, 0.15) is 11.6 Å². The van der Waals surface area contributed by atoms with Crippen LogP contribution < -0.4 is 10.6 Å². The third-order valence-electron chi connectivity index (χ3n) is 2.87. The van der Waals surface area contributed by atoms with Crippen molar-refractivity contribution in [1.82, 2.24) is 5.32 Å². The molecule has 112 valence electrons. The first-order valence-corrected chi connectivity index (χ1v) is 7.91. The molecule has 0 spiro atoms. The predicted octanol–water partition coefficient (Wildman–Crippen LogP) is 0.876. The molecule has 2 N–H and O–H groups in total. The molecule has 1 aromatic rings. The Balaban J connectivity index is 0.00000200. The van der Waals surface area contributed by atoms with E-state index < -0.39 is 27.3 Å². The quantitative estimate of drug-likeness (QED) is 0.866. The van der Waals surface area contributed by atoms with E-state index in [1.54, 1.807) is 6.07 Å². The van der Waals surface area contributed by atoms with Crippen molar-refractivity contribution in [3.63, 3.8) is 0 Å². The van der Waals surface area contributed by atoms with Crippen LogP contribution in [-0.4, -0.2) is 32.9 Å². The smallest absolute Gasteiger partial charge is 0.239 e. The molecular formula is C12H16ClFN2O3S. The van der Waals surface area contributed by atoms with Gasteiger partial charge in [-0.2, -0.15) is 0 Å². The molecule has 2 rings (SSSR count). The molecule has 1 amide bonds. The van der Waals surface area contributed by atoms with E-state index >= 15 is 0 Å². The van der Waals surface area contributed by atoms with Gasteiger partial charge in [-0.15, -0.1) is 12.4 Å². The Morgan fingerprint density at radius 3 is 2.80 bits per heavy atom. The summed E-state index contributed by atoms with van der Waals surface area (Å²) in [6, 6.07) is 3.20. The number of halogens is 2. The summed E-state index contributed by atoms with van der Waals surface area (Å²) in [6.45, 7) is 1.29. The van der Waals surface area contributed by atoms with Gasteiger partial charge in [-0.1, -0.05) is 6.07 Å². The predicted molar refractivity (Wildman–Crippen MR) is 77.4 cm³/mol. The average Bonchev–Trinajstić information content (AvgIpc) is 2.31. The van der Waals surface area contributed by atoms with Crippen molar-refractivity contribution in [3.05, 3.63) is 29.1 Å². The number of carbonyl (C=O) groups is 1. The largest absolute Gasteiger partial charge is 0.323 e. The number of amides is 1. The average molecular weight is 323 g/mol. The van der Waals surface area contributed by atoms with Crippen LogP contribution in [0.15, 0.2) is 12.1 Å². The molecule has 0 aromatic heterocycles. The number of rotatable bonds is 3. The second-order valence-corrected chi connectivity index (χ2v) is 6.75. The molecule has 0 atom stereocenters. The van der Waals surface area contributed by atoms with Crippen molar-refractivity contribution in [3.8, 4) is 0 Å². The number of benzene rings is 1. The van der Waals surface area contributed by atoms with E-state index in [0.29, 0.717) is 25.1 Å². The number of hydrogen-bond donors (Lipinski definition) is 2. The maximum absolute atomic E-state index is 14.2. The van der Waals surface area contributed by atoms with Gasteiger partial charge in [0.25, 0.3) is 0 Å². The van der Waals surface area contributed by atoms with Crippen LogP contribution in [0.3, 0.4) is 0 Å². The van der Waals surface area contributed by atoms with Gasteiger partial charge in [0, 0.05) is 12.8 Å². The number of sulfone groups is 1. The molecule has 8 heteroatoms. The highest BCUT2D eigenvalue weighted by Gasteiger charge is 2.18. The van der Waals surface area contributed by atoms with E-state index in [9.17, 15) is 17.6 Å². The van der Waals surface area contributed by atoms with Crippen molar-refractivity contribution < 1.29 is 17.6 Å². The minimum Gasteiger partial charge on any atom is -0.323 e. The van der Waals surface area contributed by atoms with E-state index in [4.69, 9.17) is 0 Å². The molecule has 0 saturated carbocycles. The molecular weight excluding hydrogens is 307 g/mol. The molecule has 20 heavy (non-hydrogen) atoms. The van der Waals surface area contributed by atoms with Crippen LogP contribution in [0.25, 0.3) is 0 Å². The highest BCUT2D eigenvalue weighted by Crippen LogP contribution is 2.24. The van der Waals surface area contributed by atoms with Crippen molar-refractivity contribution >= 4 is 33.8 Å². The molecule has 5 nitrogen and oxygen atoms in total. The number of nitrogens with one attached hydrogen (secondary N) is 2. The lowest BCUT2D eigenvalue weighted by Crippen LogP contribution is -2.26. The SMILES string of the molecule is CS(=O)(=O)CC(=O)Nc1ccc2c(c1F)CCNC2.Cl. The van der Waals surface area contributed by atoms with Gasteiger partial charge in [-0.3, -0.25) is 4.79 Å². The fourth-order valence-electron chi connectivity index (χ4n) is 2.05. The lowest BCUT2D eigenvalue weighted by Gasteiger charge is -2.19. The van der Waals surface area contributed by atoms with E-state index in [1.807, 2.05) is 0 Å². The summed E-state index contributed by atoms with van der Waals surface area (Å²) in [5.41, 5.74) is 1.48. The van der Waals surface area contributed by atoms with E-state index in [0.717, 1.165) is 11.8 Å². The van der Waals surface area contributed by atoms with Gasteiger partial charge in [0.15, 0.2) is 9.84 Å².